The SMILES string of the molecule is CCn1ncc(CNC(=O)c2ccc(Br)cc2)c1C. The summed E-state index contributed by atoms with van der Waals surface area (Å²) in [5.74, 6) is -0.0730. The number of halogens is 1. The lowest BCUT2D eigenvalue weighted by Gasteiger charge is -2.05. The molecule has 2 rings (SSSR count). The van der Waals surface area contributed by atoms with Gasteiger partial charge in [0.15, 0.2) is 0 Å². The van der Waals surface area contributed by atoms with Crippen LogP contribution in [0.5, 0.6) is 0 Å². The van der Waals surface area contributed by atoms with Gasteiger partial charge >= 0.3 is 0 Å². The van der Waals surface area contributed by atoms with Gasteiger partial charge in [-0.25, -0.2) is 0 Å². The minimum Gasteiger partial charge on any atom is -0.348 e. The number of carbonyl (C=O) groups is 1. The summed E-state index contributed by atoms with van der Waals surface area (Å²) in [6.45, 7) is 5.40. The van der Waals surface area contributed by atoms with Gasteiger partial charge in [-0.1, -0.05) is 15.9 Å². The lowest BCUT2D eigenvalue weighted by Crippen LogP contribution is -2.23. The highest BCUT2D eigenvalue weighted by atomic mass is 79.9. The molecule has 0 bridgehead atoms. The van der Waals surface area contributed by atoms with Gasteiger partial charge in [-0.3, -0.25) is 9.48 Å². The van der Waals surface area contributed by atoms with E-state index >= 15 is 0 Å². The smallest absolute Gasteiger partial charge is 0.251 e. The number of rotatable bonds is 4. The van der Waals surface area contributed by atoms with E-state index in [1.54, 1.807) is 18.3 Å². The van der Waals surface area contributed by atoms with Crippen molar-refractivity contribution in [2.75, 3.05) is 0 Å². The highest BCUT2D eigenvalue weighted by Crippen LogP contribution is 2.11. The van der Waals surface area contributed by atoms with E-state index in [1.807, 2.05) is 30.7 Å². The summed E-state index contributed by atoms with van der Waals surface area (Å²) in [5, 5.41) is 7.16. The Hall–Kier alpha value is -1.62. The van der Waals surface area contributed by atoms with Crippen molar-refractivity contribution in [2.45, 2.75) is 26.9 Å². The average Bonchev–Trinajstić information content (AvgIpc) is 2.77. The van der Waals surface area contributed by atoms with Crippen molar-refractivity contribution in [3.8, 4) is 0 Å². The molecule has 0 unspecified atom stereocenters. The summed E-state index contributed by atoms with van der Waals surface area (Å²) in [4.78, 5) is 12.0. The zero-order chi connectivity index (χ0) is 13.8. The zero-order valence-electron chi connectivity index (χ0n) is 11.0. The third-order valence-electron chi connectivity index (χ3n) is 3.05. The summed E-state index contributed by atoms with van der Waals surface area (Å²) in [7, 11) is 0. The van der Waals surface area contributed by atoms with Gasteiger partial charge in [-0.2, -0.15) is 5.10 Å². The van der Waals surface area contributed by atoms with Crippen LogP contribution >= 0.6 is 15.9 Å². The molecule has 100 valence electrons. The number of hydrogen-bond acceptors (Lipinski definition) is 2. The number of hydrogen-bond donors (Lipinski definition) is 1. The number of amides is 1. The summed E-state index contributed by atoms with van der Waals surface area (Å²) in [5.41, 5.74) is 2.80. The van der Waals surface area contributed by atoms with Gasteiger partial charge in [0.25, 0.3) is 5.91 Å². The van der Waals surface area contributed by atoms with Crippen molar-refractivity contribution in [3.05, 3.63) is 51.8 Å². The van der Waals surface area contributed by atoms with Crippen LogP contribution in [0, 0.1) is 6.92 Å². The summed E-state index contributed by atoms with van der Waals surface area (Å²) in [6, 6.07) is 7.30. The maximum atomic E-state index is 12.0. The Balaban J connectivity index is 2.00. The van der Waals surface area contributed by atoms with Crippen LogP contribution < -0.4 is 5.32 Å². The van der Waals surface area contributed by atoms with E-state index in [-0.39, 0.29) is 5.91 Å². The van der Waals surface area contributed by atoms with E-state index in [9.17, 15) is 4.79 Å². The van der Waals surface area contributed by atoms with Gasteiger partial charge in [0, 0.05) is 34.4 Å². The highest BCUT2D eigenvalue weighted by Gasteiger charge is 2.08. The maximum Gasteiger partial charge on any atom is 0.251 e. The molecular weight excluding hydrogens is 306 g/mol. The normalized spacial score (nSPS) is 10.5. The Morgan fingerprint density at radius 1 is 1.37 bits per heavy atom. The third kappa shape index (κ3) is 3.23. The van der Waals surface area contributed by atoms with Gasteiger partial charge < -0.3 is 5.32 Å². The summed E-state index contributed by atoms with van der Waals surface area (Å²) < 4.78 is 2.88. The Kier molecular flexibility index (Phi) is 4.37. The molecule has 1 aromatic heterocycles. The lowest BCUT2D eigenvalue weighted by molar-refractivity contribution is 0.0951. The lowest BCUT2D eigenvalue weighted by atomic mass is 10.2. The van der Waals surface area contributed by atoms with Crippen LogP contribution in [-0.2, 0) is 13.1 Å². The number of nitrogens with one attached hydrogen (secondary N) is 1. The molecule has 0 saturated carbocycles. The van der Waals surface area contributed by atoms with E-state index in [0.717, 1.165) is 22.3 Å². The monoisotopic (exact) mass is 321 g/mol. The van der Waals surface area contributed by atoms with E-state index in [0.29, 0.717) is 12.1 Å². The number of aromatic nitrogens is 2. The van der Waals surface area contributed by atoms with Crippen LogP contribution in [0.4, 0.5) is 0 Å². The van der Waals surface area contributed by atoms with Gasteiger partial charge in [-0.05, 0) is 38.1 Å². The first-order chi connectivity index (χ1) is 9.11. The second-order valence-corrected chi connectivity index (χ2v) is 5.18. The Labute approximate surface area is 120 Å². The molecule has 0 saturated heterocycles. The largest absolute Gasteiger partial charge is 0.348 e. The molecule has 0 spiro atoms. The molecule has 19 heavy (non-hydrogen) atoms. The summed E-state index contributed by atoms with van der Waals surface area (Å²) >= 11 is 3.35. The minimum absolute atomic E-state index is 0.0730. The summed E-state index contributed by atoms with van der Waals surface area (Å²) in [6.07, 6.45) is 1.81. The van der Waals surface area contributed by atoms with E-state index in [2.05, 4.69) is 26.3 Å². The quantitative estimate of drug-likeness (QED) is 0.941. The molecule has 0 aliphatic heterocycles. The van der Waals surface area contributed by atoms with Crippen LogP contribution in [0.2, 0.25) is 0 Å². The number of benzene rings is 1. The van der Waals surface area contributed by atoms with Gasteiger partial charge in [-0.15, -0.1) is 0 Å². The van der Waals surface area contributed by atoms with Crippen molar-refractivity contribution >= 4 is 21.8 Å². The first kappa shape index (κ1) is 13.8. The molecule has 0 aliphatic carbocycles. The molecule has 1 amide bonds. The van der Waals surface area contributed by atoms with Crippen LogP contribution in [0.15, 0.2) is 34.9 Å². The fourth-order valence-corrected chi connectivity index (χ4v) is 2.12. The van der Waals surface area contributed by atoms with Crippen molar-refractivity contribution < 1.29 is 4.79 Å². The zero-order valence-corrected chi connectivity index (χ0v) is 12.6. The Morgan fingerprint density at radius 3 is 2.63 bits per heavy atom. The molecule has 1 heterocycles. The van der Waals surface area contributed by atoms with Crippen molar-refractivity contribution in [1.29, 1.82) is 0 Å². The fourth-order valence-electron chi connectivity index (χ4n) is 1.86. The van der Waals surface area contributed by atoms with Gasteiger partial charge in [0.2, 0.25) is 0 Å². The Morgan fingerprint density at radius 2 is 2.05 bits per heavy atom. The van der Waals surface area contributed by atoms with E-state index < -0.39 is 0 Å². The topological polar surface area (TPSA) is 46.9 Å². The van der Waals surface area contributed by atoms with Crippen molar-refractivity contribution in [3.63, 3.8) is 0 Å². The fraction of sp³-hybridized carbons (Fsp3) is 0.286. The number of carbonyl (C=O) groups excluding carboxylic acids is 1. The van der Waals surface area contributed by atoms with Crippen LogP contribution in [0.1, 0.15) is 28.5 Å². The standard InChI is InChI=1S/C14H16BrN3O/c1-3-18-10(2)12(9-17-18)8-16-14(19)11-4-6-13(15)7-5-11/h4-7,9H,3,8H2,1-2H3,(H,16,19). The van der Waals surface area contributed by atoms with Gasteiger partial charge in [0.1, 0.15) is 0 Å². The van der Waals surface area contributed by atoms with E-state index in [4.69, 9.17) is 0 Å². The van der Waals surface area contributed by atoms with Crippen molar-refractivity contribution in [2.24, 2.45) is 0 Å². The molecule has 4 nitrogen and oxygen atoms in total. The molecule has 0 atom stereocenters. The minimum atomic E-state index is -0.0730. The first-order valence-corrected chi connectivity index (χ1v) is 6.96. The molecule has 1 aromatic carbocycles. The van der Waals surface area contributed by atoms with Gasteiger partial charge in [0.05, 0.1) is 6.20 Å². The second kappa shape index (κ2) is 6.02. The molecule has 0 aliphatic rings. The average molecular weight is 322 g/mol. The maximum absolute atomic E-state index is 12.0. The second-order valence-electron chi connectivity index (χ2n) is 4.26. The molecule has 5 heteroatoms. The Bertz CT molecular complexity index is 575. The number of aryl methyl sites for hydroxylation is 1. The van der Waals surface area contributed by atoms with Crippen LogP contribution in [0.25, 0.3) is 0 Å². The first-order valence-electron chi connectivity index (χ1n) is 6.17. The van der Waals surface area contributed by atoms with E-state index in [1.165, 1.54) is 0 Å². The molecule has 1 N–H and O–H groups in total. The third-order valence-corrected chi connectivity index (χ3v) is 3.58. The highest BCUT2D eigenvalue weighted by molar-refractivity contribution is 9.10. The van der Waals surface area contributed by atoms with Crippen LogP contribution in [-0.4, -0.2) is 15.7 Å². The molecule has 0 fully saturated rings. The molecule has 0 radical (unpaired) electrons. The number of nitrogens with zero attached hydrogens (tertiary/aromatic N) is 2. The predicted molar refractivity (Wildman–Crippen MR) is 78.0 cm³/mol. The predicted octanol–water partition coefficient (Wildman–Crippen LogP) is 2.90. The molecule has 2 aromatic rings. The molecular formula is C14H16BrN3O. The van der Waals surface area contributed by atoms with Crippen molar-refractivity contribution in [1.82, 2.24) is 15.1 Å². The van der Waals surface area contributed by atoms with Crippen LogP contribution in [0.3, 0.4) is 0 Å².